The van der Waals surface area contributed by atoms with E-state index in [0.717, 1.165) is 85.5 Å². The highest BCUT2D eigenvalue weighted by Gasteiger charge is 2.45. The number of alkyl halides is 25. The number of anilines is 12. The summed E-state index contributed by atoms with van der Waals surface area (Å²) in [6.45, 7) is 8.13. The molecule has 4 saturated heterocycles. The standard InChI is InChI=1S/C19H14F7N7.2C19H15F6N7O.C19H15F6N7/c1-17(20)8-33(9-17)16-31-14(11-3-2-4-12(29-11)18(21,22)23)30-15(32-16)28-10-5-6-27-13(7-10)19(24,25)26;2*1-17(33)8-32(9-17)16-30-14(11-3-2-4-12(28-11)18(20,21)22)29-15(31-16)27-10-5-6-26-13(7-10)19(23,24)25;1-10-8-32(9-10)17-30-15(12-3-2-4-13(28-12)18(20,21)22)29-16(31-17)27-11-5-6-26-14(7-11)19(23,24)25/h2-7H,8-9H2,1H3,(H,27,28,30,31,32);2*2-7,33H,8-9H2,1H3,(H,26,27,29,30,31);2-7,10H,8-9H2,1H3,(H,26,27,29,30,31). The molecule has 131 heavy (non-hydrogen) atoms. The number of pyridine rings is 8. The average Bonchev–Trinajstić information content (AvgIpc) is 0.779. The summed E-state index contributed by atoms with van der Waals surface area (Å²) in [6.07, 6.45) is -33.7. The molecule has 0 saturated carbocycles. The maximum Gasteiger partial charge on any atom is 0.433 e. The Morgan fingerprint density at radius 1 is 0.282 bits per heavy atom. The summed E-state index contributed by atoms with van der Waals surface area (Å²) in [6, 6.07) is 20.7. The molecule has 0 aromatic carbocycles. The van der Waals surface area contributed by atoms with Crippen LogP contribution in [-0.4, -0.2) is 179 Å². The van der Waals surface area contributed by atoms with Gasteiger partial charge >= 0.3 is 49.4 Å². The summed E-state index contributed by atoms with van der Waals surface area (Å²) in [7, 11) is 0. The Morgan fingerprint density at radius 2 is 0.496 bits per heavy atom. The molecule has 16 heterocycles. The van der Waals surface area contributed by atoms with E-state index in [4.69, 9.17) is 0 Å². The van der Waals surface area contributed by atoms with Crippen LogP contribution in [0, 0.1) is 5.92 Å². The van der Waals surface area contributed by atoms with E-state index >= 15 is 0 Å². The van der Waals surface area contributed by atoms with Crippen molar-refractivity contribution in [3.8, 4) is 46.1 Å². The predicted molar refractivity (Wildman–Crippen MR) is 411 cm³/mol. The Hall–Kier alpha value is -14.2. The molecular formula is C76H59F25N28O2. The molecule has 4 fully saturated rings. The van der Waals surface area contributed by atoms with Crippen molar-refractivity contribution in [2.24, 2.45) is 5.92 Å². The first-order valence-electron chi connectivity index (χ1n) is 37.5. The molecule has 690 valence electrons. The van der Waals surface area contributed by atoms with Gasteiger partial charge in [-0.3, -0.25) is 19.9 Å². The predicted octanol–water partition coefficient (Wildman–Crippen LogP) is 16.6. The van der Waals surface area contributed by atoms with Gasteiger partial charge in [-0.15, -0.1) is 0 Å². The fraction of sp³-hybridized carbons (Fsp3) is 0.316. The maximum atomic E-state index is 14.0. The van der Waals surface area contributed by atoms with Crippen LogP contribution in [0.25, 0.3) is 46.1 Å². The Balaban J connectivity index is 0.000000149. The number of hydrogen-bond acceptors (Lipinski definition) is 30. The van der Waals surface area contributed by atoms with Crippen LogP contribution in [0.4, 0.5) is 180 Å². The topological polar surface area (TPSA) is 359 Å². The van der Waals surface area contributed by atoms with Gasteiger partial charge in [0.1, 0.15) is 74.0 Å². The number of hydrogen-bond donors (Lipinski definition) is 6. The highest BCUT2D eigenvalue weighted by atomic mass is 19.4. The normalized spacial score (nSPS) is 15.6. The first-order valence-corrected chi connectivity index (χ1v) is 37.5. The minimum atomic E-state index is -4.72. The van der Waals surface area contributed by atoms with Crippen LogP contribution in [0.5, 0.6) is 0 Å². The molecule has 55 heteroatoms. The lowest BCUT2D eigenvalue weighted by molar-refractivity contribution is -0.141. The molecular weight excluding hydrogens is 1810 g/mol. The van der Waals surface area contributed by atoms with Crippen molar-refractivity contribution in [2.75, 3.05) is 93.2 Å². The second-order valence-corrected chi connectivity index (χ2v) is 29.9. The molecule has 4 aliphatic rings. The molecule has 0 bridgehead atoms. The summed E-state index contributed by atoms with van der Waals surface area (Å²) >= 11 is 0. The van der Waals surface area contributed by atoms with Gasteiger partial charge < -0.3 is 51.1 Å². The van der Waals surface area contributed by atoms with E-state index in [1.807, 2.05) is 6.92 Å². The van der Waals surface area contributed by atoms with Gasteiger partial charge in [-0.05, 0) is 124 Å². The first-order chi connectivity index (χ1) is 60.9. The SMILES string of the molecule is CC1(F)CN(c2nc(Nc3ccnc(C(F)(F)F)c3)nc(-c3cccc(C(F)(F)F)n3)n2)C1.CC1(O)CN(c2nc(Nc3ccnc(C(F)(F)F)c3)nc(-c3cccc(C(F)(F)F)n3)n2)C1.CC1(O)CN(c2nc(Nc3ccnc(C(F)(F)F)c3)nc(-c3cccc(C(F)(F)F)n3)n2)C1.CC1CN(c2nc(Nc3ccnc(C(F)(F)F)c3)nc(-c3cccc(C(F)(F)F)n3)n2)C1. The van der Waals surface area contributed by atoms with Crippen LogP contribution < -0.4 is 40.9 Å². The smallest absolute Gasteiger partial charge is 0.386 e. The first kappa shape index (κ1) is 94.4. The molecule has 30 nitrogen and oxygen atoms in total. The Labute approximate surface area is 718 Å². The zero-order valence-electron chi connectivity index (χ0n) is 66.7. The van der Waals surface area contributed by atoms with Gasteiger partial charge in [0.25, 0.3) is 0 Å². The number of aromatic nitrogens is 20. The summed E-state index contributed by atoms with van der Waals surface area (Å²) < 4.78 is 326. The lowest BCUT2D eigenvalue weighted by Gasteiger charge is -2.44. The van der Waals surface area contributed by atoms with E-state index in [1.165, 1.54) is 76.2 Å². The molecule has 12 aromatic rings. The van der Waals surface area contributed by atoms with Crippen molar-refractivity contribution in [1.29, 1.82) is 0 Å². The molecule has 0 spiro atoms. The third kappa shape index (κ3) is 24.4. The minimum Gasteiger partial charge on any atom is -0.386 e. The van der Waals surface area contributed by atoms with E-state index in [-0.39, 0.29) is 156 Å². The van der Waals surface area contributed by atoms with Crippen molar-refractivity contribution < 1.29 is 120 Å². The Morgan fingerprint density at radius 3 is 0.695 bits per heavy atom. The van der Waals surface area contributed by atoms with Gasteiger partial charge in [-0.2, -0.15) is 165 Å². The molecule has 0 amide bonds. The molecule has 16 rings (SSSR count). The zero-order chi connectivity index (χ0) is 95.2. The Kier molecular flexibility index (Phi) is 25.7. The van der Waals surface area contributed by atoms with Crippen molar-refractivity contribution in [1.82, 2.24) is 99.7 Å². The second-order valence-electron chi connectivity index (χ2n) is 29.9. The van der Waals surface area contributed by atoms with Gasteiger partial charge in [-0.25, -0.2) is 24.3 Å². The molecule has 0 radical (unpaired) electrons. The summed E-state index contributed by atoms with van der Waals surface area (Å²) in [5.74, 6) is -1.22. The van der Waals surface area contributed by atoms with Gasteiger partial charge in [-0.1, -0.05) is 31.2 Å². The molecule has 4 aliphatic heterocycles. The third-order valence-electron chi connectivity index (χ3n) is 18.2. The Bertz CT molecular complexity index is 5670. The quantitative estimate of drug-likeness (QED) is 0.0489. The lowest BCUT2D eigenvalue weighted by Crippen LogP contribution is -2.60. The number of halogens is 25. The van der Waals surface area contributed by atoms with E-state index in [1.54, 1.807) is 18.7 Å². The number of nitrogens with zero attached hydrogens (tertiary/aromatic N) is 24. The summed E-state index contributed by atoms with van der Waals surface area (Å²) in [4.78, 5) is 82.9. The third-order valence-corrected chi connectivity index (χ3v) is 18.2. The van der Waals surface area contributed by atoms with Crippen molar-refractivity contribution in [2.45, 2.75) is 94.0 Å². The van der Waals surface area contributed by atoms with Gasteiger partial charge in [0.15, 0.2) is 23.3 Å². The van der Waals surface area contributed by atoms with Crippen LogP contribution in [0.15, 0.2) is 146 Å². The number of aliphatic hydroxyl groups is 2. The summed E-state index contributed by atoms with van der Waals surface area (Å²) in [5.41, 5.74) is -13.7. The summed E-state index contributed by atoms with van der Waals surface area (Å²) in [5, 5.41) is 30.4. The van der Waals surface area contributed by atoms with Crippen LogP contribution in [0.3, 0.4) is 0 Å². The van der Waals surface area contributed by atoms with Crippen LogP contribution in [0.2, 0.25) is 0 Å². The minimum absolute atomic E-state index is 0.00408. The number of rotatable bonds is 16. The number of nitrogens with one attached hydrogen (secondary N) is 4. The van der Waals surface area contributed by atoms with Crippen LogP contribution in [0.1, 0.15) is 73.2 Å². The van der Waals surface area contributed by atoms with E-state index in [9.17, 15) is 120 Å². The van der Waals surface area contributed by atoms with E-state index in [0.29, 0.717) is 25.1 Å². The molecule has 0 atom stereocenters. The fourth-order valence-electron chi connectivity index (χ4n) is 12.3. The monoisotopic (exact) mass is 1870 g/mol. The van der Waals surface area contributed by atoms with Crippen molar-refractivity contribution in [3.63, 3.8) is 0 Å². The fourth-order valence-corrected chi connectivity index (χ4v) is 12.3. The maximum absolute atomic E-state index is 14.0. The number of β-amino-alcohol motifs (C(OH)–C–C–N with tert-alkyl or cyclic N) is 2. The van der Waals surface area contributed by atoms with Crippen molar-refractivity contribution >= 4 is 70.3 Å². The molecule has 6 N–H and O–H groups in total. The van der Waals surface area contributed by atoms with Crippen LogP contribution in [-0.2, 0) is 49.4 Å². The van der Waals surface area contributed by atoms with Gasteiger partial charge in [0, 0.05) is 60.6 Å². The molecule has 12 aromatic heterocycles. The molecule has 0 unspecified atom stereocenters. The zero-order valence-corrected chi connectivity index (χ0v) is 66.7. The highest BCUT2D eigenvalue weighted by molar-refractivity contribution is 5.65. The second kappa shape index (κ2) is 35.7. The largest absolute Gasteiger partial charge is 0.433 e. The lowest BCUT2D eigenvalue weighted by atomic mass is 9.98. The average molecular weight is 1870 g/mol. The van der Waals surface area contributed by atoms with E-state index < -0.39 is 112 Å². The van der Waals surface area contributed by atoms with Gasteiger partial charge in [0.2, 0.25) is 47.6 Å². The van der Waals surface area contributed by atoms with Crippen molar-refractivity contribution in [3.05, 3.63) is 192 Å². The highest BCUT2D eigenvalue weighted by Crippen LogP contribution is 2.41. The van der Waals surface area contributed by atoms with E-state index in [2.05, 4.69) is 121 Å². The van der Waals surface area contributed by atoms with Crippen LogP contribution >= 0.6 is 0 Å². The molecule has 0 aliphatic carbocycles. The van der Waals surface area contributed by atoms with Gasteiger partial charge in [0.05, 0.1) is 50.5 Å².